The van der Waals surface area contributed by atoms with Gasteiger partial charge in [-0.1, -0.05) is 43.7 Å². The first-order valence-electron chi connectivity index (χ1n) is 9.11. The minimum Gasteiger partial charge on any atom is -0.325 e. The first-order chi connectivity index (χ1) is 13.9. The molecule has 2 N–H and O–H groups in total. The van der Waals surface area contributed by atoms with E-state index < -0.39 is 34.9 Å². The molecule has 1 aliphatic heterocycles. The van der Waals surface area contributed by atoms with Crippen molar-refractivity contribution in [1.82, 2.24) is 10.2 Å². The van der Waals surface area contributed by atoms with Gasteiger partial charge < -0.3 is 10.6 Å². The van der Waals surface area contributed by atoms with Crippen molar-refractivity contribution < 1.29 is 19.3 Å². The fourth-order valence-corrected chi connectivity index (χ4v) is 3.39. The standard InChI is InChI=1S/C20H20N4O5/c1-2-12-20(14-6-4-3-5-7-14)18(26)23(19(27)22-20)13-17(25)21-15-8-10-16(11-9-15)24(28)29/h3-11H,2,12-13H2,1H3,(H,21,25)(H,22,27)/t20-/m0/s1. The predicted octanol–water partition coefficient (Wildman–Crippen LogP) is 2.78. The van der Waals surface area contributed by atoms with Gasteiger partial charge in [0.1, 0.15) is 12.1 Å². The zero-order chi connectivity index (χ0) is 21.0. The zero-order valence-electron chi connectivity index (χ0n) is 15.8. The molecule has 2 aromatic carbocycles. The lowest BCUT2D eigenvalue weighted by Crippen LogP contribution is -2.44. The Morgan fingerprint density at radius 1 is 1.14 bits per heavy atom. The van der Waals surface area contributed by atoms with E-state index in [-0.39, 0.29) is 5.69 Å². The van der Waals surface area contributed by atoms with E-state index >= 15 is 0 Å². The molecule has 1 atom stereocenters. The van der Waals surface area contributed by atoms with E-state index in [1.54, 1.807) is 24.3 Å². The van der Waals surface area contributed by atoms with Crippen molar-refractivity contribution in [3.05, 3.63) is 70.3 Å². The third-order valence-electron chi connectivity index (χ3n) is 4.73. The summed E-state index contributed by atoms with van der Waals surface area (Å²) in [4.78, 5) is 49.0. The molecule has 0 bridgehead atoms. The number of imide groups is 1. The molecule has 3 rings (SSSR count). The molecule has 1 fully saturated rings. The molecular formula is C20H20N4O5. The molecule has 0 unspecified atom stereocenters. The number of urea groups is 1. The number of nitrogens with zero attached hydrogens (tertiary/aromatic N) is 2. The number of carbonyl (C=O) groups excluding carboxylic acids is 3. The maximum Gasteiger partial charge on any atom is 0.325 e. The van der Waals surface area contributed by atoms with Gasteiger partial charge in [0.05, 0.1) is 4.92 Å². The predicted molar refractivity (Wildman–Crippen MR) is 105 cm³/mol. The van der Waals surface area contributed by atoms with Crippen LogP contribution in [-0.2, 0) is 15.1 Å². The Balaban J connectivity index is 1.75. The normalized spacial score (nSPS) is 18.4. The molecular weight excluding hydrogens is 376 g/mol. The van der Waals surface area contributed by atoms with Crippen molar-refractivity contribution in [2.45, 2.75) is 25.3 Å². The van der Waals surface area contributed by atoms with Crippen molar-refractivity contribution in [3.8, 4) is 0 Å². The summed E-state index contributed by atoms with van der Waals surface area (Å²) in [5.41, 5.74) is -0.306. The highest BCUT2D eigenvalue weighted by Gasteiger charge is 2.52. The molecule has 29 heavy (non-hydrogen) atoms. The average molecular weight is 396 g/mol. The second kappa shape index (κ2) is 8.09. The topological polar surface area (TPSA) is 122 Å². The smallest absolute Gasteiger partial charge is 0.325 e. The second-order valence-corrected chi connectivity index (χ2v) is 6.69. The van der Waals surface area contributed by atoms with Gasteiger partial charge in [-0.2, -0.15) is 0 Å². The Morgan fingerprint density at radius 2 is 1.79 bits per heavy atom. The number of nitro benzene ring substituents is 1. The van der Waals surface area contributed by atoms with E-state index in [1.807, 2.05) is 13.0 Å². The number of nitro groups is 1. The van der Waals surface area contributed by atoms with Crippen molar-refractivity contribution >= 4 is 29.2 Å². The number of anilines is 1. The number of amides is 4. The highest BCUT2D eigenvalue weighted by molar-refractivity contribution is 6.10. The van der Waals surface area contributed by atoms with Crippen LogP contribution < -0.4 is 10.6 Å². The molecule has 1 heterocycles. The van der Waals surface area contributed by atoms with Crippen LogP contribution in [0.15, 0.2) is 54.6 Å². The molecule has 0 saturated carbocycles. The van der Waals surface area contributed by atoms with Gasteiger partial charge in [-0.3, -0.25) is 24.6 Å². The molecule has 2 aromatic rings. The largest absolute Gasteiger partial charge is 0.325 e. The average Bonchev–Trinajstić information content (AvgIpc) is 2.94. The SMILES string of the molecule is CCC[C@@]1(c2ccccc2)NC(=O)N(CC(=O)Nc2ccc([N+](=O)[O-])cc2)C1=O. The Labute approximate surface area is 166 Å². The van der Waals surface area contributed by atoms with Crippen molar-refractivity contribution in [3.63, 3.8) is 0 Å². The van der Waals surface area contributed by atoms with Crippen LogP contribution in [0.5, 0.6) is 0 Å². The van der Waals surface area contributed by atoms with Crippen LogP contribution >= 0.6 is 0 Å². The van der Waals surface area contributed by atoms with Gasteiger partial charge in [0.25, 0.3) is 11.6 Å². The molecule has 0 radical (unpaired) electrons. The Morgan fingerprint density at radius 3 is 2.38 bits per heavy atom. The summed E-state index contributed by atoms with van der Waals surface area (Å²) in [7, 11) is 0. The van der Waals surface area contributed by atoms with E-state index in [9.17, 15) is 24.5 Å². The minimum absolute atomic E-state index is 0.107. The molecule has 0 aliphatic carbocycles. The highest BCUT2D eigenvalue weighted by Crippen LogP contribution is 2.33. The lowest BCUT2D eigenvalue weighted by atomic mass is 9.85. The minimum atomic E-state index is -1.19. The summed E-state index contributed by atoms with van der Waals surface area (Å²) in [6.45, 7) is 1.45. The molecule has 9 nitrogen and oxygen atoms in total. The van der Waals surface area contributed by atoms with Crippen LogP contribution in [0.2, 0.25) is 0 Å². The summed E-state index contributed by atoms with van der Waals surface area (Å²) >= 11 is 0. The monoisotopic (exact) mass is 396 g/mol. The summed E-state index contributed by atoms with van der Waals surface area (Å²) in [6.07, 6.45) is 1.06. The fourth-order valence-electron chi connectivity index (χ4n) is 3.39. The Bertz CT molecular complexity index is 945. The van der Waals surface area contributed by atoms with Crippen molar-refractivity contribution in [2.24, 2.45) is 0 Å². The third-order valence-corrected chi connectivity index (χ3v) is 4.73. The van der Waals surface area contributed by atoms with Crippen LogP contribution in [0.25, 0.3) is 0 Å². The first kappa shape index (κ1) is 20.0. The quantitative estimate of drug-likeness (QED) is 0.423. The lowest BCUT2D eigenvalue weighted by molar-refractivity contribution is -0.384. The van der Waals surface area contributed by atoms with Crippen LogP contribution in [0.4, 0.5) is 16.2 Å². The molecule has 0 aromatic heterocycles. The number of hydrogen-bond acceptors (Lipinski definition) is 5. The number of nitrogens with one attached hydrogen (secondary N) is 2. The zero-order valence-corrected chi connectivity index (χ0v) is 15.8. The van der Waals surface area contributed by atoms with Crippen LogP contribution in [-0.4, -0.2) is 34.2 Å². The number of benzene rings is 2. The molecule has 4 amide bonds. The Hall–Kier alpha value is -3.75. The maximum atomic E-state index is 13.1. The summed E-state index contributed by atoms with van der Waals surface area (Å²) in [6, 6.07) is 13.6. The fraction of sp³-hybridized carbons (Fsp3) is 0.250. The van der Waals surface area contributed by atoms with E-state index in [0.717, 1.165) is 4.90 Å². The number of hydrogen-bond donors (Lipinski definition) is 2. The molecule has 0 spiro atoms. The second-order valence-electron chi connectivity index (χ2n) is 6.69. The van der Waals surface area contributed by atoms with Crippen LogP contribution in [0.3, 0.4) is 0 Å². The van der Waals surface area contributed by atoms with Crippen molar-refractivity contribution in [2.75, 3.05) is 11.9 Å². The van der Waals surface area contributed by atoms with E-state index in [0.29, 0.717) is 24.1 Å². The van der Waals surface area contributed by atoms with Gasteiger partial charge in [-0.05, 0) is 24.1 Å². The van der Waals surface area contributed by atoms with Gasteiger partial charge in [0, 0.05) is 17.8 Å². The van der Waals surface area contributed by atoms with Gasteiger partial charge in [-0.25, -0.2) is 4.79 Å². The van der Waals surface area contributed by atoms with E-state index in [1.165, 1.54) is 24.3 Å². The number of carbonyl (C=O) groups is 3. The van der Waals surface area contributed by atoms with Crippen molar-refractivity contribution in [1.29, 1.82) is 0 Å². The maximum absolute atomic E-state index is 13.1. The van der Waals surface area contributed by atoms with Gasteiger partial charge in [0.2, 0.25) is 5.91 Å². The van der Waals surface area contributed by atoms with Gasteiger partial charge >= 0.3 is 6.03 Å². The van der Waals surface area contributed by atoms with Crippen LogP contribution in [0.1, 0.15) is 25.3 Å². The van der Waals surface area contributed by atoms with Gasteiger partial charge in [0.15, 0.2) is 0 Å². The third kappa shape index (κ3) is 3.93. The van der Waals surface area contributed by atoms with Gasteiger partial charge in [-0.15, -0.1) is 0 Å². The first-order valence-corrected chi connectivity index (χ1v) is 9.11. The Kier molecular flexibility index (Phi) is 5.58. The highest BCUT2D eigenvalue weighted by atomic mass is 16.6. The number of non-ortho nitro benzene ring substituents is 1. The summed E-state index contributed by atoms with van der Waals surface area (Å²) in [5, 5.41) is 16.0. The van der Waals surface area contributed by atoms with Crippen LogP contribution in [0, 0.1) is 10.1 Å². The molecule has 9 heteroatoms. The summed E-state index contributed by atoms with van der Waals surface area (Å²) < 4.78 is 0. The van der Waals surface area contributed by atoms with E-state index in [4.69, 9.17) is 0 Å². The number of rotatable bonds is 7. The molecule has 150 valence electrons. The lowest BCUT2D eigenvalue weighted by Gasteiger charge is -2.26. The molecule has 1 aliphatic rings. The van der Waals surface area contributed by atoms with E-state index in [2.05, 4.69) is 10.6 Å². The summed E-state index contributed by atoms with van der Waals surface area (Å²) in [5.74, 6) is -1.06. The molecule has 1 saturated heterocycles.